The highest BCUT2D eigenvalue weighted by molar-refractivity contribution is 7.15. The topological polar surface area (TPSA) is 107 Å². The molecule has 0 aliphatic heterocycles. The maximum absolute atomic E-state index is 12.8. The number of carbonyl (C=O) groups is 2. The zero-order valence-corrected chi connectivity index (χ0v) is 17.9. The third-order valence-corrected chi connectivity index (χ3v) is 4.98. The Balaban J connectivity index is 2.27. The van der Waals surface area contributed by atoms with Crippen LogP contribution in [-0.2, 0) is 11.2 Å². The Morgan fingerprint density at radius 3 is 2.17 bits per heavy atom. The minimum absolute atomic E-state index is 0.0186. The molecule has 0 bridgehead atoms. The van der Waals surface area contributed by atoms with Crippen LogP contribution in [0, 0.1) is 6.92 Å². The minimum Gasteiger partial charge on any atom is -0.490 e. The van der Waals surface area contributed by atoms with Crippen molar-refractivity contribution in [2.45, 2.75) is 40.5 Å². The molecular weight excluding hydrogens is 396 g/mol. The molecule has 29 heavy (non-hydrogen) atoms. The number of hydrogen-bond acceptors (Lipinski definition) is 7. The number of carboxylic acids is 1. The number of aromatic nitrogens is 1. The number of aryl methyl sites for hydroxylation is 2. The first-order chi connectivity index (χ1) is 13.9. The predicted molar refractivity (Wildman–Crippen MR) is 111 cm³/mol. The Morgan fingerprint density at radius 1 is 1.07 bits per heavy atom. The van der Waals surface area contributed by atoms with Crippen LogP contribution in [0.25, 0.3) is 0 Å². The molecule has 0 saturated heterocycles. The number of nitrogens with zero attached hydrogens (tertiary/aromatic N) is 1. The Labute approximate surface area is 173 Å². The van der Waals surface area contributed by atoms with Gasteiger partial charge in [-0.25, -0.2) is 4.98 Å². The van der Waals surface area contributed by atoms with Gasteiger partial charge in [-0.15, -0.1) is 11.3 Å². The van der Waals surface area contributed by atoms with Gasteiger partial charge in [0.25, 0.3) is 5.91 Å². The lowest BCUT2D eigenvalue weighted by Crippen LogP contribution is -2.13. The van der Waals surface area contributed by atoms with E-state index in [0.717, 1.165) is 4.88 Å². The average Bonchev–Trinajstić information content (AvgIpc) is 3.01. The van der Waals surface area contributed by atoms with Crippen molar-refractivity contribution in [3.8, 4) is 17.2 Å². The van der Waals surface area contributed by atoms with Crippen molar-refractivity contribution >= 4 is 28.3 Å². The number of aliphatic carboxylic acids is 1. The Morgan fingerprint density at radius 2 is 1.66 bits per heavy atom. The van der Waals surface area contributed by atoms with Crippen LogP contribution in [-0.4, -0.2) is 41.8 Å². The third-order valence-electron chi connectivity index (χ3n) is 3.85. The van der Waals surface area contributed by atoms with Gasteiger partial charge in [-0.2, -0.15) is 0 Å². The smallest absolute Gasteiger partial charge is 0.303 e. The molecule has 0 aliphatic rings. The number of rotatable bonds is 11. The molecule has 9 heteroatoms. The zero-order chi connectivity index (χ0) is 21.4. The van der Waals surface area contributed by atoms with E-state index in [0.29, 0.717) is 59.9 Å². The molecule has 1 aromatic heterocycles. The fraction of sp³-hybridized carbons (Fsp3) is 0.450. The van der Waals surface area contributed by atoms with Crippen LogP contribution in [0.1, 0.15) is 48.1 Å². The van der Waals surface area contributed by atoms with E-state index in [-0.39, 0.29) is 12.3 Å². The van der Waals surface area contributed by atoms with Crippen molar-refractivity contribution in [3.05, 3.63) is 28.3 Å². The molecule has 1 heterocycles. The second-order valence-corrected chi connectivity index (χ2v) is 7.06. The van der Waals surface area contributed by atoms with E-state index in [1.807, 2.05) is 20.8 Å². The molecule has 2 N–H and O–H groups in total. The van der Waals surface area contributed by atoms with Gasteiger partial charge in [-0.3, -0.25) is 14.9 Å². The van der Waals surface area contributed by atoms with Crippen LogP contribution >= 0.6 is 11.3 Å². The summed E-state index contributed by atoms with van der Waals surface area (Å²) in [4.78, 5) is 28.7. The van der Waals surface area contributed by atoms with Crippen LogP contribution in [0.2, 0.25) is 0 Å². The van der Waals surface area contributed by atoms with Crippen molar-refractivity contribution in [3.63, 3.8) is 0 Å². The molecule has 8 nitrogen and oxygen atoms in total. The summed E-state index contributed by atoms with van der Waals surface area (Å²) in [5.74, 6) is 0.0952. The number of amides is 1. The van der Waals surface area contributed by atoms with Crippen molar-refractivity contribution in [1.29, 1.82) is 0 Å². The SMILES string of the molecule is CCOc1cc(C(=O)Nc2nc(C)c(CCC(=O)O)s2)cc(OCC)c1OCC. The van der Waals surface area contributed by atoms with E-state index in [2.05, 4.69) is 10.3 Å². The second-order valence-electron chi connectivity index (χ2n) is 5.98. The summed E-state index contributed by atoms with van der Waals surface area (Å²) in [7, 11) is 0. The van der Waals surface area contributed by atoms with Crippen LogP contribution in [0.15, 0.2) is 12.1 Å². The van der Waals surface area contributed by atoms with Gasteiger partial charge in [-0.05, 0) is 46.2 Å². The normalized spacial score (nSPS) is 10.5. The fourth-order valence-electron chi connectivity index (χ4n) is 2.62. The number of benzene rings is 1. The van der Waals surface area contributed by atoms with Crippen molar-refractivity contribution in [1.82, 2.24) is 4.98 Å². The lowest BCUT2D eigenvalue weighted by molar-refractivity contribution is -0.136. The maximum Gasteiger partial charge on any atom is 0.303 e. The second kappa shape index (κ2) is 10.7. The van der Waals surface area contributed by atoms with E-state index >= 15 is 0 Å². The molecule has 0 atom stereocenters. The van der Waals surface area contributed by atoms with E-state index in [9.17, 15) is 9.59 Å². The molecule has 0 unspecified atom stereocenters. The molecule has 0 fully saturated rings. The zero-order valence-electron chi connectivity index (χ0n) is 17.0. The van der Waals surface area contributed by atoms with Crippen LogP contribution < -0.4 is 19.5 Å². The summed E-state index contributed by atoms with van der Waals surface area (Å²) < 4.78 is 16.9. The summed E-state index contributed by atoms with van der Waals surface area (Å²) in [6, 6.07) is 3.22. The molecule has 1 amide bonds. The van der Waals surface area contributed by atoms with Gasteiger partial charge in [0.1, 0.15) is 0 Å². The van der Waals surface area contributed by atoms with E-state index in [4.69, 9.17) is 19.3 Å². The third kappa shape index (κ3) is 6.08. The lowest BCUT2D eigenvalue weighted by atomic mass is 10.1. The molecule has 1 aromatic carbocycles. The summed E-state index contributed by atoms with van der Waals surface area (Å²) >= 11 is 1.27. The number of hydrogen-bond donors (Lipinski definition) is 2. The van der Waals surface area contributed by atoms with Crippen molar-refractivity contribution < 1.29 is 28.9 Å². The van der Waals surface area contributed by atoms with Crippen LogP contribution in [0.5, 0.6) is 17.2 Å². The van der Waals surface area contributed by atoms with Crippen molar-refractivity contribution in [2.75, 3.05) is 25.1 Å². The molecular formula is C20H26N2O6S. The minimum atomic E-state index is -0.871. The van der Waals surface area contributed by atoms with E-state index in [1.165, 1.54) is 11.3 Å². The number of carbonyl (C=O) groups excluding carboxylic acids is 1. The van der Waals surface area contributed by atoms with Gasteiger partial charge in [0, 0.05) is 10.4 Å². The van der Waals surface area contributed by atoms with Crippen LogP contribution in [0.4, 0.5) is 5.13 Å². The van der Waals surface area contributed by atoms with Gasteiger partial charge in [-0.1, -0.05) is 0 Å². The molecule has 0 aliphatic carbocycles. The molecule has 0 radical (unpaired) electrons. The highest BCUT2D eigenvalue weighted by Crippen LogP contribution is 2.39. The molecule has 2 aromatic rings. The van der Waals surface area contributed by atoms with Gasteiger partial charge in [0.05, 0.1) is 31.9 Å². The van der Waals surface area contributed by atoms with Gasteiger partial charge in [0.2, 0.25) is 5.75 Å². The van der Waals surface area contributed by atoms with Gasteiger partial charge >= 0.3 is 5.97 Å². The molecule has 2 rings (SSSR count). The van der Waals surface area contributed by atoms with E-state index in [1.54, 1.807) is 19.1 Å². The highest BCUT2D eigenvalue weighted by Gasteiger charge is 2.19. The Bertz CT molecular complexity index is 838. The number of ether oxygens (including phenoxy) is 3. The maximum atomic E-state index is 12.8. The Kier molecular flexibility index (Phi) is 8.26. The van der Waals surface area contributed by atoms with Crippen LogP contribution in [0.3, 0.4) is 0 Å². The number of thiazole rings is 1. The fourth-order valence-corrected chi connectivity index (χ4v) is 3.58. The highest BCUT2D eigenvalue weighted by atomic mass is 32.1. The monoisotopic (exact) mass is 422 g/mol. The summed E-state index contributed by atoms with van der Waals surface area (Å²) in [6.07, 6.45) is 0.394. The standard InChI is InChI=1S/C20H26N2O6S/c1-5-26-14-10-13(11-15(27-6-2)18(14)28-7-3)19(25)22-20-21-12(4)16(29-20)8-9-17(23)24/h10-11H,5-9H2,1-4H3,(H,23,24)(H,21,22,25). The first kappa shape index (κ1) is 22.5. The first-order valence-electron chi connectivity index (χ1n) is 9.45. The number of nitrogens with one attached hydrogen (secondary N) is 1. The predicted octanol–water partition coefficient (Wildman–Crippen LogP) is 3.92. The number of anilines is 1. The lowest BCUT2D eigenvalue weighted by Gasteiger charge is -2.16. The summed E-state index contributed by atoms with van der Waals surface area (Å²) in [5, 5.41) is 12.0. The number of carboxylic acid groups (broad SMARTS) is 1. The van der Waals surface area contributed by atoms with Gasteiger partial charge in [0.15, 0.2) is 16.6 Å². The van der Waals surface area contributed by atoms with Crippen molar-refractivity contribution in [2.24, 2.45) is 0 Å². The Hall–Kier alpha value is -2.81. The summed E-state index contributed by atoms with van der Waals surface area (Å²) in [5.41, 5.74) is 1.06. The summed E-state index contributed by atoms with van der Waals surface area (Å²) in [6.45, 7) is 8.60. The molecule has 158 valence electrons. The molecule has 0 spiro atoms. The van der Waals surface area contributed by atoms with Gasteiger partial charge < -0.3 is 19.3 Å². The largest absolute Gasteiger partial charge is 0.490 e. The van der Waals surface area contributed by atoms with E-state index < -0.39 is 5.97 Å². The average molecular weight is 423 g/mol. The first-order valence-corrected chi connectivity index (χ1v) is 10.3. The molecule has 0 saturated carbocycles. The quantitative estimate of drug-likeness (QED) is 0.565.